The molecule has 2 heterocycles. The van der Waals surface area contributed by atoms with Gasteiger partial charge in [0.05, 0.1) is 10.6 Å². The third kappa shape index (κ3) is 4.65. The summed E-state index contributed by atoms with van der Waals surface area (Å²) in [6, 6.07) is 20.0. The minimum absolute atomic E-state index is 0.201. The van der Waals surface area contributed by atoms with Gasteiger partial charge >= 0.3 is 0 Å². The normalized spacial score (nSPS) is 18.2. The summed E-state index contributed by atoms with van der Waals surface area (Å²) < 4.78 is 29.4. The van der Waals surface area contributed by atoms with E-state index in [1.54, 1.807) is 22.5 Å². The second-order valence-electron chi connectivity index (χ2n) is 9.07. The Kier molecular flexibility index (Phi) is 6.52. The first kappa shape index (κ1) is 22.8. The van der Waals surface area contributed by atoms with Crippen molar-refractivity contribution in [3.05, 3.63) is 82.6 Å². The maximum Gasteiger partial charge on any atom is 0.271 e. The van der Waals surface area contributed by atoms with Crippen molar-refractivity contribution < 1.29 is 8.42 Å². The number of benzene rings is 2. The van der Waals surface area contributed by atoms with Crippen molar-refractivity contribution in [2.24, 2.45) is 0 Å². The Bertz CT molecular complexity index is 1280. The summed E-state index contributed by atoms with van der Waals surface area (Å²) in [7, 11) is -3.54. The summed E-state index contributed by atoms with van der Waals surface area (Å²) in [5.41, 5.74) is 1.75. The van der Waals surface area contributed by atoms with E-state index in [9.17, 15) is 13.2 Å². The predicted octanol–water partition coefficient (Wildman–Crippen LogP) is 3.79. The fourth-order valence-electron chi connectivity index (χ4n) is 4.98. The van der Waals surface area contributed by atoms with Crippen molar-refractivity contribution >= 4 is 15.8 Å². The Morgan fingerprint density at radius 2 is 1.44 bits per heavy atom. The first-order valence-electron chi connectivity index (χ1n) is 12.0. The van der Waals surface area contributed by atoms with E-state index in [1.165, 1.54) is 48.4 Å². The highest BCUT2D eigenvalue weighted by Gasteiger charge is 2.29. The molecule has 7 nitrogen and oxygen atoms in total. The highest BCUT2D eigenvalue weighted by Crippen LogP contribution is 2.33. The van der Waals surface area contributed by atoms with Crippen LogP contribution in [0.15, 0.2) is 76.4 Å². The van der Waals surface area contributed by atoms with E-state index in [1.807, 2.05) is 47.4 Å². The van der Waals surface area contributed by atoms with Gasteiger partial charge in [0.2, 0.25) is 10.0 Å². The maximum atomic E-state index is 13.2. The van der Waals surface area contributed by atoms with Gasteiger partial charge in [-0.05, 0) is 54.7 Å². The van der Waals surface area contributed by atoms with Crippen LogP contribution in [0.1, 0.15) is 43.6 Å². The largest absolute Gasteiger partial charge is 0.353 e. The van der Waals surface area contributed by atoms with Crippen LogP contribution in [-0.2, 0) is 10.0 Å². The van der Waals surface area contributed by atoms with E-state index in [0.29, 0.717) is 48.5 Å². The van der Waals surface area contributed by atoms with Crippen molar-refractivity contribution in [2.45, 2.75) is 42.9 Å². The smallest absolute Gasteiger partial charge is 0.271 e. The molecule has 1 saturated heterocycles. The van der Waals surface area contributed by atoms with Gasteiger partial charge in [-0.3, -0.25) is 4.79 Å². The van der Waals surface area contributed by atoms with E-state index < -0.39 is 10.0 Å². The van der Waals surface area contributed by atoms with Gasteiger partial charge < -0.3 is 4.90 Å². The second kappa shape index (κ2) is 9.72. The van der Waals surface area contributed by atoms with Crippen molar-refractivity contribution in [1.29, 1.82) is 0 Å². The highest BCUT2D eigenvalue weighted by atomic mass is 32.2. The molecule has 0 spiro atoms. The molecule has 34 heavy (non-hydrogen) atoms. The van der Waals surface area contributed by atoms with Crippen LogP contribution in [0.3, 0.4) is 0 Å². The molecule has 1 aliphatic carbocycles. The molecular formula is C26H30N4O3S. The molecule has 5 rings (SSSR count). The first-order valence-corrected chi connectivity index (χ1v) is 13.5. The van der Waals surface area contributed by atoms with E-state index in [2.05, 4.69) is 5.10 Å². The molecule has 0 atom stereocenters. The quantitative estimate of drug-likeness (QED) is 0.558. The molecule has 2 aromatic carbocycles. The van der Waals surface area contributed by atoms with Crippen molar-refractivity contribution in [1.82, 2.24) is 14.1 Å². The van der Waals surface area contributed by atoms with Crippen LogP contribution in [-0.4, -0.2) is 48.7 Å². The molecular weight excluding hydrogens is 448 g/mol. The van der Waals surface area contributed by atoms with Gasteiger partial charge in [0.25, 0.3) is 5.56 Å². The Labute approximate surface area is 200 Å². The molecule has 0 bridgehead atoms. The number of para-hydroxylation sites is 1. The van der Waals surface area contributed by atoms with Crippen molar-refractivity contribution in [2.75, 3.05) is 31.1 Å². The van der Waals surface area contributed by atoms with Crippen molar-refractivity contribution in [3.63, 3.8) is 0 Å². The molecule has 0 amide bonds. The average molecular weight is 479 g/mol. The average Bonchev–Trinajstić information content (AvgIpc) is 2.90. The van der Waals surface area contributed by atoms with E-state index in [4.69, 9.17) is 0 Å². The summed E-state index contributed by atoms with van der Waals surface area (Å²) in [4.78, 5) is 14.7. The number of anilines is 1. The minimum Gasteiger partial charge on any atom is -0.353 e. The lowest BCUT2D eigenvalue weighted by Crippen LogP contribution is -2.49. The topological polar surface area (TPSA) is 75.5 Å². The van der Waals surface area contributed by atoms with Gasteiger partial charge in [-0.2, -0.15) is 8.99 Å². The molecule has 1 aliphatic heterocycles. The number of hydrogen-bond acceptors (Lipinski definition) is 5. The van der Waals surface area contributed by atoms with Crippen LogP contribution in [0.2, 0.25) is 0 Å². The third-order valence-corrected chi connectivity index (χ3v) is 8.86. The molecule has 0 unspecified atom stereocenters. The Morgan fingerprint density at radius 3 is 2.12 bits per heavy atom. The number of rotatable bonds is 5. The van der Waals surface area contributed by atoms with Crippen LogP contribution in [0.5, 0.6) is 0 Å². The van der Waals surface area contributed by atoms with E-state index >= 15 is 0 Å². The standard InChI is InChI=1S/C26H30N4O3S/c31-26-16-15-25(27-30(26)23-9-5-2-6-10-23)28-17-19-29(20-18-28)34(32,33)24-13-11-22(12-14-24)21-7-3-1-4-8-21/h2,5-6,9-16,21H,1,3-4,7-8,17-20H2. The summed E-state index contributed by atoms with van der Waals surface area (Å²) in [6.45, 7) is 1.77. The summed E-state index contributed by atoms with van der Waals surface area (Å²) in [6.07, 6.45) is 6.20. The van der Waals surface area contributed by atoms with Crippen LogP contribution in [0, 0.1) is 0 Å². The Hall–Kier alpha value is -2.97. The van der Waals surface area contributed by atoms with Gasteiger partial charge in [-0.15, -0.1) is 5.10 Å². The molecule has 2 aliphatic rings. The SMILES string of the molecule is O=c1ccc(N2CCN(S(=O)(=O)c3ccc(C4CCCCC4)cc3)CC2)nn1-c1ccccc1. The first-order chi connectivity index (χ1) is 16.5. The van der Waals surface area contributed by atoms with Crippen molar-refractivity contribution in [3.8, 4) is 5.69 Å². The molecule has 3 aromatic rings. The lowest BCUT2D eigenvalue weighted by molar-refractivity contribution is 0.383. The molecule has 8 heteroatoms. The number of sulfonamides is 1. The fourth-order valence-corrected chi connectivity index (χ4v) is 6.40. The summed E-state index contributed by atoms with van der Waals surface area (Å²) in [5.74, 6) is 1.22. The predicted molar refractivity (Wildman–Crippen MR) is 133 cm³/mol. The van der Waals surface area contributed by atoms with E-state index in [0.717, 1.165) is 0 Å². The lowest BCUT2D eigenvalue weighted by atomic mass is 9.84. The number of piperazine rings is 1. The zero-order chi connectivity index (χ0) is 23.5. The van der Waals surface area contributed by atoms with Crippen LogP contribution < -0.4 is 10.5 Å². The molecule has 1 aromatic heterocycles. The van der Waals surface area contributed by atoms with Crippen LogP contribution in [0.25, 0.3) is 5.69 Å². The summed E-state index contributed by atoms with van der Waals surface area (Å²) in [5, 5.41) is 4.53. The zero-order valence-electron chi connectivity index (χ0n) is 19.2. The van der Waals surface area contributed by atoms with Gasteiger partial charge in [0.1, 0.15) is 5.82 Å². The monoisotopic (exact) mass is 478 g/mol. The summed E-state index contributed by atoms with van der Waals surface area (Å²) >= 11 is 0. The number of aromatic nitrogens is 2. The Balaban J connectivity index is 1.27. The lowest BCUT2D eigenvalue weighted by Gasteiger charge is -2.34. The van der Waals surface area contributed by atoms with Gasteiger partial charge in [0.15, 0.2) is 0 Å². The third-order valence-electron chi connectivity index (χ3n) is 6.94. The van der Waals surface area contributed by atoms with Gasteiger partial charge in [0, 0.05) is 32.2 Å². The van der Waals surface area contributed by atoms with Crippen LogP contribution >= 0.6 is 0 Å². The number of nitrogens with zero attached hydrogens (tertiary/aromatic N) is 4. The minimum atomic E-state index is -3.54. The molecule has 0 radical (unpaired) electrons. The Morgan fingerprint density at radius 1 is 0.765 bits per heavy atom. The number of hydrogen-bond donors (Lipinski definition) is 0. The molecule has 178 valence electrons. The second-order valence-corrected chi connectivity index (χ2v) is 11.0. The van der Waals surface area contributed by atoms with Crippen LogP contribution in [0.4, 0.5) is 5.82 Å². The maximum absolute atomic E-state index is 13.2. The van der Waals surface area contributed by atoms with Gasteiger partial charge in [-0.1, -0.05) is 49.6 Å². The van der Waals surface area contributed by atoms with Gasteiger partial charge in [-0.25, -0.2) is 8.42 Å². The molecule has 0 N–H and O–H groups in total. The highest BCUT2D eigenvalue weighted by molar-refractivity contribution is 7.89. The fraction of sp³-hybridized carbons (Fsp3) is 0.385. The van der Waals surface area contributed by atoms with E-state index in [-0.39, 0.29) is 5.56 Å². The molecule has 2 fully saturated rings. The zero-order valence-corrected chi connectivity index (χ0v) is 20.0. The molecule has 1 saturated carbocycles.